The number of nitrogens with zero attached hydrogens (tertiary/aromatic N) is 1. The highest BCUT2D eigenvalue weighted by Crippen LogP contribution is 2.24. The normalized spacial score (nSPS) is 13.9. The van der Waals surface area contributed by atoms with Crippen molar-refractivity contribution in [2.75, 3.05) is 18.7 Å². The molecule has 0 saturated heterocycles. The van der Waals surface area contributed by atoms with Gasteiger partial charge in [-0.25, -0.2) is 12.8 Å². The Hall–Kier alpha value is -2.46. The average molecular weight is 430 g/mol. The lowest BCUT2D eigenvalue weighted by Gasteiger charge is -2.22. The summed E-state index contributed by atoms with van der Waals surface area (Å²) in [7, 11) is -3.08. The molecule has 0 bridgehead atoms. The number of carbonyl (C=O) groups is 1. The van der Waals surface area contributed by atoms with Crippen LogP contribution in [-0.2, 0) is 21.1 Å². The molecule has 2 aromatic rings. The molecule has 0 aliphatic carbocycles. The maximum Gasteiger partial charge on any atom is 0.315 e. The Balaban J connectivity index is 2.08. The molecular weight excluding hydrogens is 409 g/mol. The number of alkyl halides is 3. The van der Waals surface area contributed by atoms with E-state index >= 15 is 0 Å². The van der Waals surface area contributed by atoms with Crippen LogP contribution in [0.2, 0.25) is 0 Å². The summed E-state index contributed by atoms with van der Waals surface area (Å²) < 4.78 is 60.1. The van der Waals surface area contributed by atoms with Gasteiger partial charge in [-0.3, -0.25) is 9.78 Å². The number of aromatic nitrogens is 1. The monoisotopic (exact) mass is 430 g/mol. The smallest absolute Gasteiger partial charge is 0.315 e. The van der Waals surface area contributed by atoms with E-state index in [-0.39, 0.29) is 11.3 Å². The fraction of sp³-hybridized carbons (Fsp3) is 0.368. The predicted octanol–water partition coefficient (Wildman–Crippen LogP) is 2.09. The number of aryl methyl sites for hydroxylation is 1. The van der Waals surface area contributed by atoms with Crippen molar-refractivity contribution in [3.8, 4) is 11.1 Å². The molecule has 2 atom stereocenters. The Morgan fingerprint density at radius 1 is 1.14 bits per heavy atom. The molecule has 0 radical (unpaired) electrons. The van der Waals surface area contributed by atoms with Crippen molar-refractivity contribution in [2.45, 2.75) is 25.0 Å². The van der Waals surface area contributed by atoms with Gasteiger partial charge < -0.3 is 10.4 Å². The van der Waals surface area contributed by atoms with Gasteiger partial charge in [0.15, 0.2) is 0 Å². The van der Waals surface area contributed by atoms with Gasteiger partial charge in [-0.15, -0.1) is 0 Å². The van der Waals surface area contributed by atoms with Crippen LogP contribution in [0.25, 0.3) is 11.1 Å². The van der Waals surface area contributed by atoms with Crippen molar-refractivity contribution in [1.82, 2.24) is 10.3 Å². The van der Waals surface area contributed by atoms with Crippen LogP contribution >= 0.6 is 0 Å². The van der Waals surface area contributed by atoms with Gasteiger partial charge in [0.1, 0.15) is 22.6 Å². The van der Waals surface area contributed by atoms with Crippen LogP contribution in [0, 0.1) is 0 Å². The number of carbonyl (C=O) groups excluding carboxylic acids is 1. The molecule has 0 spiro atoms. The van der Waals surface area contributed by atoms with E-state index in [0.717, 1.165) is 17.4 Å². The maximum atomic E-state index is 13.1. The number of rotatable bonds is 9. The number of halogens is 3. The predicted molar refractivity (Wildman–Crippen MR) is 102 cm³/mol. The van der Waals surface area contributed by atoms with Gasteiger partial charge in [-0.2, -0.15) is 8.78 Å². The van der Waals surface area contributed by atoms with E-state index in [0.29, 0.717) is 12.1 Å². The summed E-state index contributed by atoms with van der Waals surface area (Å²) in [4.78, 5) is 15.3. The van der Waals surface area contributed by atoms with Gasteiger partial charge in [0.25, 0.3) is 5.91 Å². The fourth-order valence-corrected chi connectivity index (χ4v) is 3.17. The van der Waals surface area contributed by atoms with Crippen LogP contribution in [0.1, 0.15) is 17.4 Å². The molecule has 0 aliphatic rings. The Bertz CT molecular complexity index is 919. The molecule has 0 saturated carbocycles. The number of pyridine rings is 1. The van der Waals surface area contributed by atoms with E-state index in [9.17, 15) is 31.5 Å². The molecule has 2 N–H and O–H groups in total. The molecule has 29 heavy (non-hydrogen) atoms. The van der Waals surface area contributed by atoms with Crippen LogP contribution in [0.3, 0.4) is 0 Å². The van der Waals surface area contributed by atoms with Gasteiger partial charge in [0.2, 0.25) is 0 Å². The zero-order valence-electron chi connectivity index (χ0n) is 15.6. The summed E-state index contributed by atoms with van der Waals surface area (Å²) >= 11 is 0. The minimum Gasteiger partial charge on any atom is -0.386 e. The summed E-state index contributed by atoms with van der Waals surface area (Å²) in [6, 6.07) is 8.25. The Morgan fingerprint density at radius 3 is 2.24 bits per heavy atom. The van der Waals surface area contributed by atoms with Gasteiger partial charge in [0.05, 0.1) is 11.8 Å². The molecule has 0 aliphatic heterocycles. The van der Waals surface area contributed by atoms with Gasteiger partial charge in [-0.05, 0) is 17.2 Å². The van der Waals surface area contributed by atoms with Crippen LogP contribution < -0.4 is 5.32 Å². The summed E-state index contributed by atoms with van der Waals surface area (Å²) in [5, 5.41) is 11.9. The Labute approximate surface area is 166 Å². The second kappa shape index (κ2) is 9.84. The molecule has 6 nitrogen and oxygen atoms in total. The second-order valence-electron chi connectivity index (χ2n) is 6.56. The van der Waals surface area contributed by atoms with E-state index in [4.69, 9.17) is 0 Å². The molecule has 1 amide bonds. The van der Waals surface area contributed by atoms with Gasteiger partial charge in [-0.1, -0.05) is 30.3 Å². The third kappa shape index (κ3) is 6.82. The first-order valence-electron chi connectivity index (χ1n) is 8.66. The van der Waals surface area contributed by atoms with Crippen LogP contribution in [0.4, 0.5) is 13.2 Å². The largest absolute Gasteiger partial charge is 0.386 e. The maximum absolute atomic E-state index is 13.1. The van der Waals surface area contributed by atoms with E-state index in [1.165, 1.54) is 12.1 Å². The summed E-state index contributed by atoms with van der Waals surface area (Å²) in [6.45, 7) is -1.21. The minimum absolute atomic E-state index is 0.00374. The van der Waals surface area contributed by atoms with E-state index < -0.39 is 41.0 Å². The Morgan fingerprint density at radius 2 is 1.76 bits per heavy atom. The lowest BCUT2D eigenvalue weighted by atomic mass is 9.99. The minimum atomic E-state index is -3.30. The van der Waals surface area contributed by atoms with E-state index in [2.05, 4.69) is 4.98 Å². The van der Waals surface area contributed by atoms with Crippen LogP contribution in [0.5, 0.6) is 0 Å². The standard InChI is InChI=1S/C19H21F3N2O4S/c1-29(27,28)9-8-15-7-6-14(11-23-15)12-2-4-13(5-3-12)17(25)16(10-20)24-19(26)18(21)22/h2-7,11,16-18,25H,8-10H2,1H3,(H,24,26). The van der Waals surface area contributed by atoms with Crippen molar-refractivity contribution in [2.24, 2.45) is 0 Å². The first-order valence-corrected chi connectivity index (χ1v) is 10.7. The van der Waals surface area contributed by atoms with Crippen LogP contribution in [0.15, 0.2) is 42.6 Å². The van der Waals surface area contributed by atoms with Crippen molar-refractivity contribution in [3.05, 3.63) is 53.9 Å². The van der Waals surface area contributed by atoms with Crippen molar-refractivity contribution < 1.29 is 31.5 Å². The summed E-state index contributed by atoms with van der Waals surface area (Å²) in [5.74, 6) is -1.64. The summed E-state index contributed by atoms with van der Waals surface area (Å²) in [6.07, 6.45) is -1.75. The summed E-state index contributed by atoms with van der Waals surface area (Å²) in [5.41, 5.74) is 2.36. The molecule has 1 aromatic carbocycles. The molecule has 2 unspecified atom stereocenters. The van der Waals surface area contributed by atoms with Crippen molar-refractivity contribution in [3.63, 3.8) is 0 Å². The number of aliphatic hydroxyl groups excluding tert-OH is 1. The second-order valence-corrected chi connectivity index (χ2v) is 8.81. The molecule has 2 rings (SSSR count). The fourth-order valence-electron chi connectivity index (χ4n) is 2.59. The molecule has 1 heterocycles. The number of benzene rings is 1. The highest BCUT2D eigenvalue weighted by Gasteiger charge is 2.26. The number of hydrogen-bond acceptors (Lipinski definition) is 5. The third-order valence-electron chi connectivity index (χ3n) is 4.21. The molecule has 0 fully saturated rings. The highest BCUT2D eigenvalue weighted by molar-refractivity contribution is 7.90. The average Bonchev–Trinajstić information content (AvgIpc) is 2.69. The van der Waals surface area contributed by atoms with Crippen molar-refractivity contribution in [1.29, 1.82) is 0 Å². The van der Waals surface area contributed by atoms with Gasteiger partial charge >= 0.3 is 6.43 Å². The third-order valence-corrected chi connectivity index (χ3v) is 5.16. The number of nitrogens with one attached hydrogen (secondary N) is 1. The van der Waals surface area contributed by atoms with Crippen molar-refractivity contribution >= 4 is 15.7 Å². The number of sulfone groups is 1. The number of aliphatic hydroxyl groups is 1. The zero-order chi connectivity index (χ0) is 21.6. The molecule has 158 valence electrons. The van der Waals surface area contributed by atoms with E-state index in [1.807, 2.05) is 0 Å². The number of amides is 1. The molecule has 10 heteroatoms. The number of hydrogen-bond donors (Lipinski definition) is 2. The van der Waals surface area contributed by atoms with Crippen LogP contribution in [-0.4, -0.2) is 55.6 Å². The zero-order valence-corrected chi connectivity index (χ0v) is 16.4. The molecule has 1 aromatic heterocycles. The molecular formula is C19H21F3N2O4S. The highest BCUT2D eigenvalue weighted by atomic mass is 32.2. The van der Waals surface area contributed by atoms with Gasteiger partial charge in [0, 0.05) is 30.1 Å². The Kier molecular flexibility index (Phi) is 7.74. The SMILES string of the molecule is CS(=O)(=O)CCc1ccc(-c2ccc(C(O)C(CF)NC(=O)C(F)F)cc2)cn1. The first kappa shape index (κ1) is 22.8. The van der Waals surface area contributed by atoms with E-state index in [1.54, 1.807) is 35.8 Å². The quantitative estimate of drug-likeness (QED) is 0.635. The lowest BCUT2D eigenvalue weighted by molar-refractivity contribution is -0.133. The first-order chi connectivity index (χ1) is 13.6. The topological polar surface area (TPSA) is 96.4 Å². The lowest BCUT2D eigenvalue weighted by Crippen LogP contribution is -2.43.